The Morgan fingerprint density at radius 1 is 1.50 bits per heavy atom. The molecule has 0 aromatic carbocycles. The van der Waals surface area contributed by atoms with Crippen molar-refractivity contribution < 1.29 is 4.68 Å². The van der Waals surface area contributed by atoms with Gasteiger partial charge in [-0.15, -0.1) is 4.68 Å². The van der Waals surface area contributed by atoms with E-state index in [9.17, 15) is 0 Å². The molecular weight excluding hydrogens is 126 g/mol. The van der Waals surface area contributed by atoms with E-state index in [0.29, 0.717) is 6.54 Å². The fourth-order valence-corrected chi connectivity index (χ4v) is 1.18. The molecule has 0 aliphatic carbocycles. The van der Waals surface area contributed by atoms with Gasteiger partial charge in [0.2, 0.25) is 5.69 Å². The SMILES string of the molecule is Cc1[nH][n+](C)c(C)c1CN. The van der Waals surface area contributed by atoms with Crippen molar-refractivity contribution in [2.75, 3.05) is 0 Å². The van der Waals surface area contributed by atoms with Crippen LogP contribution in [0.15, 0.2) is 0 Å². The van der Waals surface area contributed by atoms with Gasteiger partial charge in [-0.1, -0.05) is 0 Å². The third-order valence-electron chi connectivity index (χ3n) is 1.93. The van der Waals surface area contributed by atoms with Crippen molar-refractivity contribution in [3.8, 4) is 0 Å². The third kappa shape index (κ3) is 0.926. The number of nitrogens with zero attached hydrogens (tertiary/aromatic N) is 1. The molecule has 0 saturated heterocycles. The molecule has 3 N–H and O–H groups in total. The molecule has 0 unspecified atom stereocenters. The maximum atomic E-state index is 5.53. The van der Waals surface area contributed by atoms with Crippen LogP contribution < -0.4 is 10.4 Å². The van der Waals surface area contributed by atoms with Crippen LogP contribution in [0.2, 0.25) is 0 Å². The molecule has 0 spiro atoms. The summed E-state index contributed by atoms with van der Waals surface area (Å²) in [6, 6.07) is 0. The molecular formula is C7H14N3+. The first kappa shape index (κ1) is 7.28. The van der Waals surface area contributed by atoms with Gasteiger partial charge in [-0.05, 0) is 6.92 Å². The maximum absolute atomic E-state index is 5.53. The summed E-state index contributed by atoms with van der Waals surface area (Å²) < 4.78 is 1.98. The minimum absolute atomic E-state index is 0.620. The average molecular weight is 140 g/mol. The summed E-state index contributed by atoms with van der Waals surface area (Å²) in [6.45, 7) is 4.72. The molecule has 0 amide bonds. The number of nitrogens with two attached hydrogens (primary N) is 1. The zero-order valence-electron chi connectivity index (χ0n) is 6.73. The molecule has 1 aromatic heterocycles. The summed E-state index contributed by atoms with van der Waals surface area (Å²) in [4.78, 5) is 0. The second-order valence-corrected chi connectivity index (χ2v) is 2.56. The van der Waals surface area contributed by atoms with Crippen LogP contribution in [-0.2, 0) is 13.6 Å². The quantitative estimate of drug-likeness (QED) is 0.526. The number of aromatic nitrogens is 2. The van der Waals surface area contributed by atoms with Crippen LogP contribution in [0, 0.1) is 13.8 Å². The van der Waals surface area contributed by atoms with E-state index < -0.39 is 0 Å². The zero-order valence-corrected chi connectivity index (χ0v) is 6.73. The minimum Gasteiger partial charge on any atom is -0.326 e. The lowest BCUT2D eigenvalue weighted by atomic mass is 10.2. The highest BCUT2D eigenvalue weighted by Crippen LogP contribution is 2.04. The number of aryl methyl sites for hydroxylation is 2. The molecule has 0 aliphatic heterocycles. The molecule has 10 heavy (non-hydrogen) atoms. The Bertz CT molecular complexity index is 237. The first-order valence-electron chi connectivity index (χ1n) is 3.41. The Balaban J connectivity index is 3.20. The fourth-order valence-electron chi connectivity index (χ4n) is 1.18. The summed E-state index contributed by atoms with van der Waals surface area (Å²) in [6.07, 6.45) is 0. The Hall–Kier alpha value is -0.830. The van der Waals surface area contributed by atoms with Crippen molar-refractivity contribution in [3.05, 3.63) is 17.0 Å². The van der Waals surface area contributed by atoms with E-state index in [1.807, 2.05) is 18.7 Å². The van der Waals surface area contributed by atoms with Crippen molar-refractivity contribution >= 4 is 0 Å². The van der Waals surface area contributed by atoms with E-state index in [1.54, 1.807) is 0 Å². The standard InChI is InChI=1S/C7H13N3/c1-5-7(4-8)6(2)10(3)9-5/h4,8H2,1-3H3/p+1. The second kappa shape index (κ2) is 2.42. The number of rotatable bonds is 1. The highest BCUT2D eigenvalue weighted by Gasteiger charge is 2.12. The van der Waals surface area contributed by atoms with Gasteiger partial charge in [0.05, 0.1) is 11.3 Å². The number of H-pyrrole nitrogens is 1. The topological polar surface area (TPSA) is 45.7 Å². The van der Waals surface area contributed by atoms with Gasteiger partial charge in [-0.25, -0.2) is 0 Å². The van der Waals surface area contributed by atoms with Crippen LogP contribution in [0.5, 0.6) is 0 Å². The Kier molecular flexibility index (Phi) is 1.76. The summed E-state index contributed by atoms with van der Waals surface area (Å²) in [7, 11) is 1.99. The van der Waals surface area contributed by atoms with E-state index in [0.717, 1.165) is 0 Å². The van der Waals surface area contributed by atoms with Crippen molar-refractivity contribution in [2.45, 2.75) is 20.4 Å². The zero-order chi connectivity index (χ0) is 7.72. The van der Waals surface area contributed by atoms with E-state index >= 15 is 0 Å². The number of nitrogens with one attached hydrogen (secondary N) is 1. The first-order chi connectivity index (χ1) is 4.66. The molecule has 0 aliphatic rings. The summed E-state index contributed by atoms with van der Waals surface area (Å²) in [5.41, 5.74) is 9.15. The van der Waals surface area contributed by atoms with Gasteiger partial charge in [-0.3, -0.25) is 0 Å². The molecule has 1 rings (SSSR count). The minimum atomic E-state index is 0.620. The largest absolute Gasteiger partial charge is 0.326 e. The van der Waals surface area contributed by atoms with E-state index in [-0.39, 0.29) is 0 Å². The molecule has 1 heterocycles. The summed E-state index contributed by atoms with van der Waals surface area (Å²) in [5, 5.41) is 3.16. The molecule has 0 bridgehead atoms. The summed E-state index contributed by atoms with van der Waals surface area (Å²) in [5.74, 6) is 0. The van der Waals surface area contributed by atoms with Gasteiger partial charge in [0.25, 0.3) is 0 Å². The van der Waals surface area contributed by atoms with E-state index in [1.165, 1.54) is 17.0 Å². The van der Waals surface area contributed by atoms with Gasteiger partial charge in [0.1, 0.15) is 0 Å². The van der Waals surface area contributed by atoms with Gasteiger partial charge in [0.15, 0.2) is 7.05 Å². The van der Waals surface area contributed by atoms with Crippen LogP contribution in [0.4, 0.5) is 0 Å². The van der Waals surface area contributed by atoms with E-state index in [4.69, 9.17) is 5.73 Å². The number of hydrogen-bond donors (Lipinski definition) is 2. The van der Waals surface area contributed by atoms with Crippen molar-refractivity contribution in [1.29, 1.82) is 0 Å². The molecule has 56 valence electrons. The fraction of sp³-hybridized carbons (Fsp3) is 0.571. The molecule has 0 radical (unpaired) electrons. The van der Waals surface area contributed by atoms with Crippen LogP contribution in [0.3, 0.4) is 0 Å². The molecule has 3 nitrogen and oxygen atoms in total. The predicted octanol–water partition coefficient (Wildman–Crippen LogP) is -0.0853. The molecule has 0 saturated carbocycles. The molecule has 3 heteroatoms. The number of hydrogen-bond acceptors (Lipinski definition) is 1. The molecule has 0 fully saturated rings. The Morgan fingerprint density at radius 2 is 2.10 bits per heavy atom. The van der Waals surface area contributed by atoms with Gasteiger partial charge in [-0.2, -0.15) is 5.10 Å². The predicted molar refractivity (Wildman–Crippen MR) is 39.3 cm³/mol. The highest BCUT2D eigenvalue weighted by atomic mass is 15.3. The molecule has 1 aromatic rings. The van der Waals surface area contributed by atoms with E-state index in [2.05, 4.69) is 12.0 Å². The monoisotopic (exact) mass is 140 g/mol. The van der Waals surface area contributed by atoms with Gasteiger partial charge < -0.3 is 5.73 Å². The highest BCUT2D eigenvalue weighted by molar-refractivity contribution is 5.18. The van der Waals surface area contributed by atoms with Crippen molar-refractivity contribution in [3.63, 3.8) is 0 Å². The normalized spacial score (nSPS) is 10.4. The van der Waals surface area contributed by atoms with Gasteiger partial charge >= 0.3 is 0 Å². The Morgan fingerprint density at radius 3 is 2.30 bits per heavy atom. The van der Waals surface area contributed by atoms with Crippen LogP contribution in [0.1, 0.15) is 17.0 Å². The lowest BCUT2D eigenvalue weighted by Gasteiger charge is -1.87. The van der Waals surface area contributed by atoms with Crippen LogP contribution >= 0.6 is 0 Å². The second-order valence-electron chi connectivity index (χ2n) is 2.56. The number of aromatic amines is 1. The van der Waals surface area contributed by atoms with Crippen molar-refractivity contribution in [1.82, 2.24) is 5.10 Å². The lowest BCUT2D eigenvalue weighted by molar-refractivity contribution is -0.732. The first-order valence-corrected chi connectivity index (χ1v) is 3.41. The van der Waals surface area contributed by atoms with Crippen molar-refractivity contribution in [2.24, 2.45) is 12.8 Å². The average Bonchev–Trinajstić information content (AvgIpc) is 2.09. The molecule has 0 atom stereocenters. The smallest absolute Gasteiger partial charge is 0.209 e. The summed E-state index contributed by atoms with van der Waals surface area (Å²) >= 11 is 0. The maximum Gasteiger partial charge on any atom is 0.209 e. The lowest BCUT2D eigenvalue weighted by Crippen LogP contribution is -2.33. The van der Waals surface area contributed by atoms with Crippen LogP contribution in [0.25, 0.3) is 0 Å². The van der Waals surface area contributed by atoms with Crippen LogP contribution in [-0.4, -0.2) is 5.10 Å². The third-order valence-corrected chi connectivity index (χ3v) is 1.93. The Labute approximate surface area is 60.8 Å². The van der Waals surface area contributed by atoms with Gasteiger partial charge in [0, 0.05) is 13.5 Å².